The van der Waals surface area contributed by atoms with E-state index in [1.54, 1.807) is 43.9 Å². The fourth-order valence-corrected chi connectivity index (χ4v) is 7.53. The molecule has 0 saturated carbocycles. The third kappa shape index (κ3) is 6.17. The van der Waals surface area contributed by atoms with Gasteiger partial charge in [0.2, 0.25) is 0 Å². The van der Waals surface area contributed by atoms with Crippen LogP contribution in [-0.4, -0.2) is 29.3 Å². The maximum absolute atomic E-state index is 14.5. The molecule has 8 nitrogen and oxygen atoms in total. The van der Waals surface area contributed by atoms with Gasteiger partial charge in [0.15, 0.2) is 4.80 Å². The second-order valence-electron chi connectivity index (χ2n) is 11.5. The summed E-state index contributed by atoms with van der Waals surface area (Å²) in [5.74, 6) is 0.695. The lowest BCUT2D eigenvalue weighted by atomic mass is 9.94. The summed E-state index contributed by atoms with van der Waals surface area (Å²) in [5.41, 5.74) is 4.69. The van der Waals surface area contributed by atoms with Crippen LogP contribution in [0.5, 0.6) is 11.5 Å². The van der Waals surface area contributed by atoms with Gasteiger partial charge >= 0.3 is 0 Å². The van der Waals surface area contributed by atoms with Crippen LogP contribution in [0.3, 0.4) is 0 Å². The number of carbonyl (C=O) groups is 1. The Morgan fingerprint density at radius 2 is 1.73 bits per heavy atom. The Morgan fingerprint density at radius 3 is 2.49 bits per heavy atom. The smallest absolute Gasteiger partial charge is 0.271 e. The van der Waals surface area contributed by atoms with Gasteiger partial charge in [0.05, 0.1) is 40.1 Å². The molecule has 1 N–H and O–H groups in total. The Bertz CT molecular complexity index is 2470. The molecule has 0 unspecified atom stereocenters. The molecule has 2 aromatic heterocycles. The molecule has 49 heavy (non-hydrogen) atoms. The van der Waals surface area contributed by atoms with E-state index in [1.807, 2.05) is 85.1 Å². The monoisotopic (exact) mass is 708 g/mol. The highest BCUT2D eigenvalue weighted by atomic mass is 35.5. The van der Waals surface area contributed by atoms with Gasteiger partial charge in [-0.2, -0.15) is 0 Å². The molecule has 246 valence electrons. The molecule has 1 aliphatic rings. The van der Waals surface area contributed by atoms with Crippen molar-refractivity contribution < 1.29 is 14.3 Å². The van der Waals surface area contributed by atoms with Crippen molar-refractivity contribution in [2.45, 2.75) is 19.5 Å². The second kappa shape index (κ2) is 13.4. The lowest BCUT2D eigenvalue weighted by molar-refractivity contribution is -0.113. The van der Waals surface area contributed by atoms with Crippen LogP contribution in [0.4, 0.5) is 5.69 Å². The van der Waals surface area contributed by atoms with Crippen molar-refractivity contribution in [1.29, 1.82) is 0 Å². The van der Waals surface area contributed by atoms with Crippen LogP contribution < -0.4 is 29.7 Å². The molecule has 0 aliphatic carbocycles. The molecule has 1 aliphatic heterocycles. The summed E-state index contributed by atoms with van der Waals surface area (Å²) >= 11 is 13.8. The van der Waals surface area contributed by atoms with Crippen LogP contribution in [0.15, 0.2) is 118 Å². The average Bonchev–Trinajstić information content (AvgIpc) is 3.61. The number of hydrogen-bond donors (Lipinski definition) is 1. The number of carbonyl (C=O) groups excluding carboxylic acids is 1. The molecule has 7 rings (SSSR count). The van der Waals surface area contributed by atoms with Crippen LogP contribution in [0.1, 0.15) is 29.7 Å². The van der Waals surface area contributed by atoms with E-state index in [0.29, 0.717) is 59.9 Å². The van der Waals surface area contributed by atoms with Crippen molar-refractivity contribution in [1.82, 2.24) is 9.13 Å². The van der Waals surface area contributed by atoms with Crippen molar-refractivity contribution in [3.8, 4) is 11.5 Å². The standard InChI is InChI=1S/C38H30Cl2N4O4S/c1-22-34(36(45)42-25-9-5-4-6-10-25)35(28-15-14-26(47-2)19-32(28)48-3)44-37(46)33(49-38(44)41-22)18-24-21-43(31-12-8-7-11-27(24)31)20-23-13-16-29(39)30(40)17-23/h4-19,21,35H,20H2,1-3H3,(H,42,45)/b33-18-/t35-/m1/s1. The molecular formula is C38H30Cl2N4O4S. The number of methoxy groups -OCH3 is 2. The first-order valence-corrected chi connectivity index (χ1v) is 17.0. The van der Waals surface area contributed by atoms with Gasteiger partial charge < -0.3 is 19.4 Å². The summed E-state index contributed by atoms with van der Waals surface area (Å²) in [6.45, 7) is 2.35. The van der Waals surface area contributed by atoms with Gasteiger partial charge in [-0.05, 0) is 61.0 Å². The predicted molar refractivity (Wildman–Crippen MR) is 196 cm³/mol. The normalized spacial score (nSPS) is 14.5. The zero-order valence-corrected chi connectivity index (χ0v) is 29.1. The Labute approximate surface area is 295 Å². The Kier molecular flexibility index (Phi) is 8.90. The number of aromatic nitrogens is 2. The fraction of sp³-hybridized carbons (Fsp3) is 0.132. The minimum absolute atomic E-state index is 0.273. The fourth-order valence-electron chi connectivity index (χ4n) is 6.17. The second-order valence-corrected chi connectivity index (χ2v) is 13.3. The van der Waals surface area contributed by atoms with Crippen molar-refractivity contribution in [3.63, 3.8) is 0 Å². The minimum Gasteiger partial charge on any atom is -0.497 e. The third-order valence-corrected chi connectivity index (χ3v) is 10.2. The van der Waals surface area contributed by atoms with Crippen molar-refractivity contribution >= 4 is 63.1 Å². The van der Waals surface area contributed by atoms with E-state index in [-0.39, 0.29) is 11.5 Å². The first-order valence-electron chi connectivity index (χ1n) is 15.4. The number of thiazole rings is 1. The average molecular weight is 710 g/mol. The summed E-state index contributed by atoms with van der Waals surface area (Å²) < 4.78 is 15.4. The molecule has 0 bridgehead atoms. The highest BCUT2D eigenvalue weighted by Gasteiger charge is 2.34. The number of amides is 1. The number of para-hydroxylation sites is 2. The highest BCUT2D eigenvalue weighted by molar-refractivity contribution is 7.07. The number of benzene rings is 4. The van der Waals surface area contributed by atoms with Crippen molar-refractivity contribution in [2.24, 2.45) is 4.99 Å². The van der Waals surface area contributed by atoms with Gasteiger partial charge in [0.25, 0.3) is 11.5 Å². The first-order chi connectivity index (χ1) is 23.7. The zero-order valence-electron chi connectivity index (χ0n) is 26.7. The number of nitrogens with zero attached hydrogens (tertiary/aromatic N) is 3. The van der Waals surface area contributed by atoms with Gasteiger partial charge in [-0.1, -0.05) is 77.0 Å². The van der Waals surface area contributed by atoms with Gasteiger partial charge in [-0.3, -0.25) is 14.2 Å². The van der Waals surface area contributed by atoms with Crippen molar-refractivity contribution in [2.75, 3.05) is 19.5 Å². The summed E-state index contributed by atoms with van der Waals surface area (Å²) in [4.78, 5) is 33.8. The van der Waals surface area contributed by atoms with Crippen LogP contribution in [0, 0.1) is 0 Å². The first kappa shape index (κ1) is 32.5. The SMILES string of the molecule is COc1ccc([C@@H]2C(C(=O)Nc3ccccc3)=C(C)N=c3s/c(=C\c4cn(Cc5ccc(Cl)c(Cl)c5)c5ccccc45)c(=O)n32)c(OC)c1. The molecule has 0 saturated heterocycles. The van der Waals surface area contributed by atoms with E-state index in [4.69, 9.17) is 37.7 Å². The highest BCUT2D eigenvalue weighted by Crippen LogP contribution is 2.38. The van der Waals surface area contributed by atoms with E-state index in [0.717, 1.165) is 22.0 Å². The van der Waals surface area contributed by atoms with Crippen LogP contribution in [0.25, 0.3) is 17.0 Å². The molecule has 1 amide bonds. The summed E-state index contributed by atoms with van der Waals surface area (Å²) in [6, 6.07) is 27.4. The van der Waals surface area contributed by atoms with Crippen LogP contribution in [0.2, 0.25) is 10.0 Å². The van der Waals surface area contributed by atoms with Gasteiger partial charge in [-0.25, -0.2) is 4.99 Å². The third-order valence-electron chi connectivity index (χ3n) is 8.48. The molecule has 6 aromatic rings. The number of allylic oxidation sites excluding steroid dienone is 1. The van der Waals surface area contributed by atoms with Crippen LogP contribution >= 0.6 is 34.5 Å². The predicted octanol–water partition coefficient (Wildman–Crippen LogP) is 7.20. The molecule has 1 atom stereocenters. The van der Waals surface area contributed by atoms with E-state index in [9.17, 15) is 9.59 Å². The lowest BCUT2D eigenvalue weighted by Crippen LogP contribution is -2.40. The van der Waals surface area contributed by atoms with E-state index < -0.39 is 6.04 Å². The summed E-state index contributed by atoms with van der Waals surface area (Å²) in [5, 5.41) is 4.97. The number of rotatable bonds is 8. The topological polar surface area (TPSA) is 86.9 Å². The maximum Gasteiger partial charge on any atom is 0.271 e. The molecule has 0 spiro atoms. The molecule has 11 heteroatoms. The molecule has 3 heterocycles. The molecule has 0 radical (unpaired) electrons. The van der Waals surface area contributed by atoms with Gasteiger partial charge in [0.1, 0.15) is 17.5 Å². The van der Waals surface area contributed by atoms with E-state index in [1.165, 1.54) is 11.3 Å². The molecular weight excluding hydrogens is 679 g/mol. The zero-order chi connectivity index (χ0) is 34.2. The Balaban J connectivity index is 1.38. The molecule has 4 aromatic carbocycles. The largest absolute Gasteiger partial charge is 0.497 e. The number of hydrogen-bond acceptors (Lipinski definition) is 6. The molecule has 0 fully saturated rings. The minimum atomic E-state index is -0.820. The Morgan fingerprint density at radius 1 is 0.959 bits per heavy atom. The number of anilines is 1. The van der Waals surface area contributed by atoms with Gasteiger partial charge in [-0.15, -0.1) is 0 Å². The quantitative estimate of drug-likeness (QED) is 0.181. The number of nitrogens with one attached hydrogen (secondary N) is 1. The maximum atomic E-state index is 14.5. The van der Waals surface area contributed by atoms with E-state index in [2.05, 4.69) is 9.88 Å². The number of fused-ring (bicyclic) bond motifs is 2. The Hall–Kier alpha value is -5.09. The van der Waals surface area contributed by atoms with Crippen molar-refractivity contribution in [3.05, 3.63) is 155 Å². The number of halogens is 2. The van der Waals surface area contributed by atoms with E-state index >= 15 is 0 Å². The lowest BCUT2D eigenvalue weighted by Gasteiger charge is -2.26. The number of ether oxygens (including phenoxy) is 2. The summed E-state index contributed by atoms with van der Waals surface area (Å²) in [6.07, 6.45) is 3.92. The summed E-state index contributed by atoms with van der Waals surface area (Å²) in [7, 11) is 3.12. The van der Waals surface area contributed by atoms with Crippen LogP contribution in [-0.2, 0) is 11.3 Å². The van der Waals surface area contributed by atoms with Gasteiger partial charge in [0, 0.05) is 46.5 Å².